The van der Waals surface area contributed by atoms with Crippen LogP contribution in [-0.2, 0) is 0 Å². The van der Waals surface area contributed by atoms with Crippen molar-refractivity contribution in [2.24, 2.45) is 5.10 Å². The van der Waals surface area contributed by atoms with Crippen molar-refractivity contribution < 1.29 is 5.11 Å². The van der Waals surface area contributed by atoms with E-state index in [4.69, 9.17) is 0 Å². The normalized spacial score (nSPS) is 10.7. The monoisotopic (exact) mass is 244 g/mol. The van der Waals surface area contributed by atoms with E-state index in [1.807, 2.05) is 0 Å². The van der Waals surface area contributed by atoms with Crippen molar-refractivity contribution in [2.45, 2.75) is 6.92 Å². The number of phenolic OH excluding ortho intramolecular Hbond substituents is 1. The Labute approximate surface area is 103 Å². The molecule has 0 fully saturated rings. The molecular weight excluding hydrogens is 232 g/mol. The highest BCUT2D eigenvalue weighted by molar-refractivity contribution is 5.83. The van der Waals surface area contributed by atoms with Crippen molar-refractivity contribution in [3.05, 3.63) is 51.9 Å². The van der Waals surface area contributed by atoms with E-state index in [9.17, 15) is 9.90 Å². The summed E-state index contributed by atoms with van der Waals surface area (Å²) < 4.78 is 0. The lowest BCUT2D eigenvalue weighted by Crippen LogP contribution is -2.12. The summed E-state index contributed by atoms with van der Waals surface area (Å²) in [5.41, 5.74) is 3.46. The average molecular weight is 244 g/mol. The maximum atomic E-state index is 11.3. The third-order valence-electron chi connectivity index (χ3n) is 2.29. The summed E-state index contributed by atoms with van der Waals surface area (Å²) in [4.78, 5) is 17.8. The molecule has 0 aliphatic rings. The summed E-state index contributed by atoms with van der Waals surface area (Å²) in [5, 5.41) is 13.4. The van der Waals surface area contributed by atoms with E-state index in [0.717, 1.165) is 0 Å². The molecular formula is C12H12N4O2. The van der Waals surface area contributed by atoms with E-state index >= 15 is 0 Å². The zero-order chi connectivity index (χ0) is 13.0. The number of nitrogens with one attached hydrogen (secondary N) is 2. The number of hydrogen-bond donors (Lipinski definition) is 3. The van der Waals surface area contributed by atoms with E-state index in [0.29, 0.717) is 11.1 Å². The number of rotatable bonds is 3. The fourth-order valence-corrected chi connectivity index (χ4v) is 1.27. The first-order chi connectivity index (χ1) is 8.66. The van der Waals surface area contributed by atoms with Gasteiger partial charge in [-0.25, -0.2) is 10.4 Å². The first kappa shape index (κ1) is 11.8. The molecule has 1 aromatic carbocycles. The lowest BCUT2D eigenvalue weighted by atomic mass is 10.2. The second kappa shape index (κ2) is 5.13. The van der Waals surface area contributed by atoms with E-state index < -0.39 is 0 Å². The molecule has 0 bridgehead atoms. The molecule has 0 aliphatic carbocycles. The number of hydrazone groups is 1. The second-order valence-electron chi connectivity index (χ2n) is 3.67. The maximum absolute atomic E-state index is 11.3. The van der Waals surface area contributed by atoms with Crippen LogP contribution in [0.4, 0.5) is 5.95 Å². The third kappa shape index (κ3) is 2.73. The highest BCUT2D eigenvalue weighted by atomic mass is 16.3. The zero-order valence-electron chi connectivity index (χ0n) is 9.71. The number of aromatic amines is 1. The Hall–Kier alpha value is -2.63. The topological polar surface area (TPSA) is 90.4 Å². The summed E-state index contributed by atoms with van der Waals surface area (Å²) in [5.74, 6) is 0.380. The van der Waals surface area contributed by atoms with Crippen LogP contribution in [0.2, 0.25) is 0 Å². The van der Waals surface area contributed by atoms with Crippen molar-refractivity contribution in [1.82, 2.24) is 9.97 Å². The van der Waals surface area contributed by atoms with Gasteiger partial charge in [0, 0.05) is 17.3 Å². The van der Waals surface area contributed by atoms with Crippen LogP contribution in [0.25, 0.3) is 0 Å². The van der Waals surface area contributed by atoms with Gasteiger partial charge in [0.2, 0.25) is 5.95 Å². The van der Waals surface area contributed by atoms with Gasteiger partial charge in [-0.15, -0.1) is 0 Å². The van der Waals surface area contributed by atoms with Crippen LogP contribution in [0.3, 0.4) is 0 Å². The van der Waals surface area contributed by atoms with Crippen LogP contribution < -0.4 is 11.0 Å². The largest absolute Gasteiger partial charge is 0.507 e. The molecule has 0 unspecified atom stereocenters. The van der Waals surface area contributed by atoms with E-state index in [2.05, 4.69) is 20.5 Å². The number of phenols is 1. The highest BCUT2D eigenvalue weighted by Crippen LogP contribution is 2.12. The minimum Gasteiger partial charge on any atom is -0.507 e. The second-order valence-corrected chi connectivity index (χ2v) is 3.67. The number of hydrogen-bond acceptors (Lipinski definition) is 5. The van der Waals surface area contributed by atoms with Gasteiger partial charge in [0.05, 0.1) is 6.21 Å². The van der Waals surface area contributed by atoms with Crippen LogP contribution in [0, 0.1) is 6.92 Å². The van der Waals surface area contributed by atoms with E-state index in [1.54, 1.807) is 31.2 Å². The molecule has 1 aromatic heterocycles. The molecule has 18 heavy (non-hydrogen) atoms. The van der Waals surface area contributed by atoms with Crippen molar-refractivity contribution in [3.63, 3.8) is 0 Å². The molecule has 6 heteroatoms. The van der Waals surface area contributed by atoms with Gasteiger partial charge in [0.15, 0.2) is 0 Å². The molecule has 1 heterocycles. The Bertz CT molecular complexity index is 634. The molecule has 0 atom stereocenters. The molecule has 0 saturated carbocycles. The summed E-state index contributed by atoms with van der Waals surface area (Å²) in [6.45, 7) is 1.67. The van der Waals surface area contributed by atoms with E-state index in [1.165, 1.54) is 12.4 Å². The minimum atomic E-state index is -0.217. The standard InChI is InChI=1S/C12H12N4O2/c1-8-6-13-12(15-11(8)18)16-14-7-9-4-2-3-5-10(9)17/h2-7,17H,1H3,(H2,13,15,16,18)/b14-7+. The lowest BCUT2D eigenvalue weighted by Gasteiger charge is -2.00. The van der Waals surface area contributed by atoms with Gasteiger partial charge in [-0.05, 0) is 19.1 Å². The Kier molecular flexibility index (Phi) is 3.38. The maximum Gasteiger partial charge on any atom is 0.255 e. The Morgan fingerprint density at radius 1 is 1.44 bits per heavy atom. The first-order valence-electron chi connectivity index (χ1n) is 5.30. The zero-order valence-corrected chi connectivity index (χ0v) is 9.71. The summed E-state index contributed by atoms with van der Waals surface area (Å²) in [6, 6.07) is 6.78. The highest BCUT2D eigenvalue weighted by Gasteiger charge is 1.97. The number of anilines is 1. The number of nitrogens with zero attached hydrogens (tertiary/aromatic N) is 2. The Morgan fingerprint density at radius 2 is 2.22 bits per heavy atom. The minimum absolute atomic E-state index is 0.133. The number of para-hydroxylation sites is 1. The Balaban J connectivity index is 2.10. The van der Waals surface area contributed by atoms with Crippen molar-refractivity contribution in [1.29, 1.82) is 0 Å². The molecule has 0 amide bonds. The van der Waals surface area contributed by atoms with Crippen LogP contribution >= 0.6 is 0 Å². The fraction of sp³-hybridized carbons (Fsp3) is 0.0833. The van der Waals surface area contributed by atoms with E-state index in [-0.39, 0.29) is 17.3 Å². The molecule has 0 radical (unpaired) electrons. The smallest absolute Gasteiger partial charge is 0.255 e. The van der Waals surface area contributed by atoms with Gasteiger partial charge < -0.3 is 5.11 Å². The number of aryl methyl sites for hydroxylation is 1. The molecule has 0 spiro atoms. The molecule has 2 aromatic rings. The molecule has 0 saturated heterocycles. The number of aromatic hydroxyl groups is 1. The van der Waals surface area contributed by atoms with Crippen molar-refractivity contribution in [3.8, 4) is 5.75 Å². The lowest BCUT2D eigenvalue weighted by molar-refractivity contribution is 0.474. The van der Waals surface area contributed by atoms with Gasteiger partial charge in [-0.1, -0.05) is 12.1 Å². The number of benzene rings is 1. The molecule has 6 nitrogen and oxygen atoms in total. The van der Waals surface area contributed by atoms with Crippen LogP contribution in [-0.4, -0.2) is 21.3 Å². The average Bonchev–Trinajstić information content (AvgIpc) is 2.36. The van der Waals surface area contributed by atoms with Crippen LogP contribution in [0.5, 0.6) is 5.75 Å². The summed E-state index contributed by atoms with van der Waals surface area (Å²) in [6.07, 6.45) is 2.89. The van der Waals surface area contributed by atoms with Gasteiger partial charge in [-0.3, -0.25) is 9.78 Å². The molecule has 0 aliphatic heterocycles. The van der Waals surface area contributed by atoms with Gasteiger partial charge in [0.25, 0.3) is 5.56 Å². The third-order valence-corrected chi connectivity index (χ3v) is 2.29. The number of H-pyrrole nitrogens is 1. The van der Waals surface area contributed by atoms with Crippen LogP contribution in [0.1, 0.15) is 11.1 Å². The summed E-state index contributed by atoms with van der Waals surface area (Å²) in [7, 11) is 0. The first-order valence-corrected chi connectivity index (χ1v) is 5.30. The molecule has 2 rings (SSSR count). The predicted molar refractivity (Wildman–Crippen MR) is 68.9 cm³/mol. The van der Waals surface area contributed by atoms with Crippen LogP contribution in [0.15, 0.2) is 40.4 Å². The van der Waals surface area contributed by atoms with Crippen molar-refractivity contribution in [2.75, 3.05) is 5.43 Å². The fourth-order valence-electron chi connectivity index (χ4n) is 1.27. The number of aromatic nitrogens is 2. The SMILES string of the molecule is Cc1cnc(N/N=C/c2ccccc2O)[nH]c1=O. The van der Waals surface area contributed by atoms with Gasteiger partial charge in [-0.2, -0.15) is 5.10 Å². The molecule has 92 valence electrons. The van der Waals surface area contributed by atoms with Crippen molar-refractivity contribution >= 4 is 12.2 Å². The summed E-state index contributed by atoms with van der Waals surface area (Å²) >= 11 is 0. The quantitative estimate of drug-likeness (QED) is 0.559. The molecule has 3 N–H and O–H groups in total. The van der Waals surface area contributed by atoms with Gasteiger partial charge in [0.1, 0.15) is 5.75 Å². The Morgan fingerprint density at radius 3 is 2.94 bits per heavy atom. The van der Waals surface area contributed by atoms with Gasteiger partial charge >= 0.3 is 0 Å². The predicted octanol–water partition coefficient (Wildman–Crippen LogP) is 1.23.